The summed E-state index contributed by atoms with van der Waals surface area (Å²) in [4.78, 5) is 19.2. The van der Waals surface area contributed by atoms with Crippen molar-refractivity contribution in [1.29, 1.82) is 0 Å². The van der Waals surface area contributed by atoms with E-state index in [0.717, 1.165) is 21.3 Å². The lowest BCUT2D eigenvalue weighted by molar-refractivity contribution is 0.0726. The summed E-state index contributed by atoms with van der Waals surface area (Å²) in [5.74, 6) is 1.52. The first-order valence-corrected chi connectivity index (χ1v) is 8.97. The van der Waals surface area contributed by atoms with Crippen molar-refractivity contribution >= 4 is 21.8 Å². The van der Waals surface area contributed by atoms with Crippen molar-refractivity contribution in [2.75, 3.05) is 13.2 Å². The third-order valence-electron chi connectivity index (χ3n) is 4.24. The van der Waals surface area contributed by atoms with Crippen LogP contribution in [0, 0.1) is 6.92 Å². The highest BCUT2D eigenvalue weighted by molar-refractivity contribution is 9.10. The Labute approximate surface area is 158 Å². The van der Waals surface area contributed by atoms with Gasteiger partial charge in [-0.05, 0) is 25.1 Å². The van der Waals surface area contributed by atoms with E-state index in [4.69, 9.17) is 9.15 Å². The first-order valence-electron chi connectivity index (χ1n) is 8.18. The minimum atomic E-state index is -0.169. The Balaban J connectivity index is 1.62. The molecule has 8 heteroatoms. The molecule has 0 N–H and O–H groups in total. The van der Waals surface area contributed by atoms with E-state index in [1.54, 1.807) is 28.9 Å². The second kappa shape index (κ2) is 6.60. The fraction of sp³-hybridized carbons (Fsp3) is 0.278. The molecule has 0 spiro atoms. The smallest absolute Gasteiger partial charge is 0.276 e. The average molecular weight is 417 g/mol. The zero-order valence-electron chi connectivity index (χ0n) is 14.4. The zero-order chi connectivity index (χ0) is 18.3. The van der Waals surface area contributed by atoms with Gasteiger partial charge in [0.25, 0.3) is 5.91 Å². The van der Waals surface area contributed by atoms with Gasteiger partial charge in [-0.2, -0.15) is 5.10 Å². The average Bonchev–Trinajstić information content (AvgIpc) is 3.14. The number of rotatable bonds is 2. The van der Waals surface area contributed by atoms with Gasteiger partial charge in [-0.15, -0.1) is 0 Å². The third-order valence-corrected chi connectivity index (χ3v) is 4.73. The van der Waals surface area contributed by atoms with E-state index >= 15 is 0 Å². The Bertz CT molecular complexity index is 979. The molecular weight excluding hydrogens is 400 g/mol. The van der Waals surface area contributed by atoms with E-state index in [1.165, 1.54) is 0 Å². The highest BCUT2D eigenvalue weighted by atomic mass is 79.9. The number of hydrogen-bond donors (Lipinski definition) is 0. The number of halogens is 1. The number of oxazole rings is 1. The van der Waals surface area contributed by atoms with Crippen LogP contribution in [0.3, 0.4) is 0 Å². The van der Waals surface area contributed by atoms with Crippen molar-refractivity contribution in [1.82, 2.24) is 19.7 Å². The van der Waals surface area contributed by atoms with Crippen molar-refractivity contribution in [2.24, 2.45) is 7.05 Å². The minimum absolute atomic E-state index is 0.169. The Hall–Kier alpha value is -2.61. The van der Waals surface area contributed by atoms with Gasteiger partial charge in [0, 0.05) is 29.8 Å². The fourth-order valence-electron chi connectivity index (χ4n) is 2.94. The van der Waals surface area contributed by atoms with Crippen LogP contribution in [-0.2, 0) is 13.6 Å². The molecule has 0 atom stereocenters. The highest BCUT2D eigenvalue weighted by Crippen LogP contribution is 2.28. The zero-order valence-corrected chi connectivity index (χ0v) is 16.0. The number of nitrogens with zero attached hydrogens (tertiary/aromatic N) is 4. The van der Waals surface area contributed by atoms with Crippen LogP contribution in [-0.4, -0.2) is 38.7 Å². The summed E-state index contributed by atoms with van der Waals surface area (Å²) in [5.41, 5.74) is 2.02. The number of benzene rings is 1. The van der Waals surface area contributed by atoms with Gasteiger partial charge in [0.2, 0.25) is 5.89 Å². The van der Waals surface area contributed by atoms with Gasteiger partial charge in [0.15, 0.2) is 5.69 Å². The second-order valence-electron chi connectivity index (χ2n) is 6.15. The maximum atomic E-state index is 13.0. The molecular formula is C18H17BrN4O3. The molecule has 3 heterocycles. The van der Waals surface area contributed by atoms with Crippen molar-refractivity contribution in [3.8, 4) is 17.2 Å². The standard InChI is InChI=1S/C18H17BrN4O3/c1-11-16(21-17(26-11)13-8-20-22(2)9-13)18(24)23-5-6-25-15-4-3-14(19)7-12(15)10-23/h3-4,7-9H,5-6,10H2,1-2H3. The third kappa shape index (κ3) is 3.12. The van der Waals surface area contributed by atoms with Crippen LogP contribution in [0.2, 0.25) is 0 Å². The van der Waals surface area contributed by atoms with Gasteiger partial charge in [-0.3, -0.25) is 9.48 Å². The first-order chi connectivity index (χ1) is 12.5. The van der Waals surface area contributed by atoms with E-state index in [1.807, 2.05) is 25.2 Å². The van der Waals surface area contributed by atoms with Crippen LogP contribution in [0.25, 0.3) is 11.5 Å². The first kappa shape index (κ1) is 16.8. The molecule has 7 nitrogen and oxygen atoms in total. The number of carbonyl (C=O) groups excluding carboxylic acids is 1. The minimum Gasteiger partial charge on any atom is -0.491 e. The summed E-state index contributed by atoms with van der Waals surface area (Å²) in [7, 11) is 1.82. The van der Waals surface area contributed by atoms with E-state index in [2.05, 4.69) is 26.0 Å². The van der Waals surface area contributed by atoms with E-state index in [9.17, 15) is 4.79 Å². The van der Waals surface area contributed by atoms with Gasteiger partial charge in [-0.1, -0.05) is 15.9 Å². The number of carbonyl (C=O) groups is 1. The summed E-state index contributed by atoms with van der Waals surface area (Å²) >= 11 is 3.47. The Kier molecular flexibility index (Phi) is 4.28. The molecule has 0 aliphatic carbocycles. The molecule has 0 saturated carbocycles. The molecule has 26 heavy (non-hydrogen) atoms. The van der Waals surface area contributed by atoms with Crippen LogP contribution >= 0.6 is 15.9 Å². The molecule has 0 unspecified atom stereocenters. The van der Waals surface area contributed by atoms with E-state index < -0.39 is 0 Å². The van der Waals surface area contributed by atoms with Gasteiger partial charge in [0.05, 0.1) is 18.3 Å². The van der Waals surface area contributed by atoms with E-state index in [-0.39, 0.29) is 5.91 Å². The van der Waals surface area contributed by atoms with Crippen LogP contribution in [0.5, 0.6) is 5.75 Å². The molecule has 1 aromatic carbocycles. The summed E-state index contributed by atoms with van der Waals surface area (Å²) in [6.45, 7) is 3.13. The number of aryl methyl sites for hydroxylation is 2. The van der Waals surface area contributed by atoms with Crippen molar-refractivity contribution < 1.29 is 13.9 Å². The molecule has 134 valence electrons. The maximum Gasteiger partial charge on any atom is 0.276 e. The normalized spacial score (nSPS) is 13.9. The lowest BCUT2D eigenvalue weighted by atomic mass is 10.2. The van der Waals surface area contributed by atoms with Gasteiger partial charge in [-0.25, -0.2) is 4.98 Å². The molecule has 1 aliphatic heterocycles. The van der Waals surface area contributed by atoms with Gasteiger partial charge in [0.1, 0.15) is 18.1 Å². The highest BCUT2D eigenvalue weighted by Gasteiger charge is 2.26. The molecule has 3 aromatic rings. The van der Waals surface area contributed by atoms with Gasteiger partial charge < -0.3 is 14.1 Å². The predicted molar refractivity (Wildman–Crippen MR) is 97.8 cm³/mol. The maximum absolute atomic E-state index is 13.0. The monoisotopic (exact) mass is 416 g/mol. The number of aromatic nitrogens is 3. The molecule has 2 aromatic heterocycles. The van der Waals surface area contributed by atoms with Crippen molar-refractivity contribution in [3.63, 3.8) is 0 Å². The Morgan fingerprint density at radius 2 is 2.19 bits per heavy atom. The summed E-state index contributed by atoms with van der Waals surface area (Å²) in [6.07, 6.45) is 3.46. The second-order valence-corrected chi connectivity index (χ2v) is 7.07. The number of amides is 1. The lowest BCUT2D eigenvalue weighted by Crippen LogP contribution is -2.33. The quantitative estimate of drug-likeness (QED) is 0.641. The molecule has 0 radical (unpaired) electrons. The molecule has 0 bridgehead atoms. The number of fused-ring (bicyclic) bond motifs is 1. The number of hydrogen-bond acceptors (Lipinski definition) is 5. The van der Waals surface area contributed by atoms with Crippen molar-refractivity contribution in [2.45, 2.75) is 13.5 Å². The topological polar surface area (TPSA) is 73.4 Å². The van der Waals surface area contributed by atoms with Crippen LogP contribution in [0.4, 0.5) is 0 Å². The Morgan fingerprint density at radius 1 is 1.35 bits per heavy atom. The van der Waals surface area contributed by atoms with E-state index in [0.29, 0.717) is 37.0 Å². The molecule has 0 saturated heterocycles. The summed E-state index contributed by atoms with van der Waals surface area (Å²) < 4.78 is 14.1. The Morgan fingerprint density at radius 3 is 2.96 bits per heavy atom. The SMILES string of the molecule is Cc1oc(-c2cnn(C)c2)nc1C(=O)N1CCOc2ccc(Br)cc2C1. The molecule has 1 aliphatic rings. The molecule has 4 rings (SSSR count). The fourth-order valence-corrected chi connectivity index (χ4v) is 3.34. The van der Waals surface area contributed by atoms with Gasteiger partial charge >= 0.3 is 0 Å². The molecule has 0 fully saturated rings. The largest absolute Gasteiger partial charge is 0.491 e. The summed E-state index contributed by atoms with van der Waals surface area (Å²) in [6, 6.07) is 5.81. The van der Waals surface area contributed by atoms with Crippen LogP contribution in [0.1, 0.15) is 21.8 Å². The van der Waals surface area contributed by atoms with Crippen molar-refractivity contribution in [3.05, 3.63) is 52.1 Å². The number of ether oxygens (including phenoxy) is 1. The van der Waals surface area contributed by atoms with Crippen LogP contribution < -0.4 is 4.74 Å². The molecule has 1 amide bonds. The van der Waals surface area contributed by atoms with Crippen LogP contribution in [0.15, 0.2) is 39.5 Å². The predicted octanol–water partition coefficient (Wildman–Crippen LogP) is 3.18. The lowest BCUT2D eigenvalue weighted by Gasteiger charge is -2.18. The summed E-state index contributed by atoms with van der Waals surface area (Å²) in [5, 5.41) is 4.11.